The lowest BCUT2D eigenvalue weighted by Crippen LogP contribution is -2.38. The second-order valence-electron chi connectivity index (χ2n) is 5.35. The van der Waals surface area contributed by atoms with E-state index >= 15 is 0 Å². The summed E-state index contributed by atoms with van der Waals surface area (Å²) < 4.78 is 5.46. The van der Waals surface area contributed by atoms with Crippen molar-refractivity contribution in [3.8, 4) is 5.75 Å². The molecule has 0 saturated carbocycles. The molecule has 5 nitrogen and oxygen atoms in total. The molecule has 0 bridgehead atoms. The first-order chi connectivity index (χ1) is 9.93. The Morgan fingerprint density at radius 2 is 1.86 bits per heavy atom. The first-order valence-electron chi connectivity index (χ1n) is 7.18. The van der Waals surface area contributed by atoms with Gasteiger partial charge in [-0.05, 0) is 36.6 Å². The van der Waals surface area contributed by atoms with Crippen LogP contribution in [0.4, 0.5) is 0 Å². The lowest BCUT2D eigenvalue weighted by Gasteiger charge is -2.22. The summed E-state index contributed by atoms with van der Waals surface area (Å²) in [6.07, 6.45) is 0.918. The van der Waals surface area contributed by atoms with Crippen molar-refractivity contribution in [3.05, 3.63) is 29.8 Å². The molecule has 0 saturated heterocycles. The summed E-state index contributed by atoms with van der Waals surface area (Å²) in [6.45, 7) is 6.68. The predicted octanol–water partition coefficient (Wildman–Crippen LogP) is 2.66. The number of aliphatic carboxylic acids is 1. The van der Waals surface area contributed by atoms with Crippen LogP contribution in [0.25, 0.3) is 0 Å². The molecule has 0 heterocycles. The Morgan fingerprint density at radius 3 is 2.33 bits per heavy atom. The Bertz CT molecular complexity index is 468. The van der Waals surface area contributed by atoms with Gasteiger partial charge in [-0.2, -0.15) is 0 Å². The second kappa shape index (κ2) is 8.29. The number of amides is 1. The Kier molecular flexibility index (Phi) is 6.72. The molecule has 0 radical (unpaired) electrons. The smallest absolute Gasteiger partial charge is 0.323 e. The molecule has 0 aliphatic heterocycles. The van der Waals surface area contributed by atoms with Gasteiger partial charge in [-0.25, -0.2) is 0 Å². The van der Waals surface area contributed by atoms with Crippen LogP contribution < -0.4 is 4.74 Å². The van der Waals surface area contributed by atoms with E-state index in [0.717, 1.165) is 6.42 Å². The Labute approximate surface area is 125 Å². The number of ether oxygens (including phenoxy) is 1. The number of nitrogens with zero attached hydrogens (tertiary/aromatic N) is 1. The van der Waals surface area contributed by atoms with Gasteiger partial charge >= 0.3 is 5.97 Å². The average molecular weight is 293 g/mol. The fourth-order valence-electron chi connectivity index (χ4n) is 1.92. The van der Waals surface area contributed by atoms with Crippen LogP contribution in [0.15, 0.2) is 24.3 Å². The lowest BCUT2D eigenvalue weighted by atomic mass is 10.1. The van der Waals surface area contributed by atoms with Gasteiger partial charge in [0.25, 0.3) is 5.91 Å². The van der Waals surface area contributed by atoms with E-state index < -0.39 is 5.97 Å². The molecule has 21 heavy (non-hydrogen) atoms. The van der Waals surface area contributed by atoms with Crippen molar-refractivity contribution in [2.45, 2.75) is 27.2 Å². The zero-order valence-corrected chi connectivity index (χ0v) is 12.8. The van der Waals surface area contributed by atoms with E-state index in [-0.39, 0.29) is 18.4 Å². The van der Waals surface area contributed by atoms with E-state index in [1.165, 1.54) is 4.90 Å². The summed E-state index contributed by atoms with van der Waals surface area (Å²) in [5.41, 5.74) is 0.473. The molecule has 0 aromatic heterocycles. The van der Waals surface area contributed by atoms with Crippen LogP contribution in [0.5, 0.6) is 5.75 Å². The number of hydrogen-bond acceptors (Lipinski definition) is 3. The number of hydrogen-bond donors (Lipinski definition) is 1. The molecular weight excluding hydrogens is 270 g/mol. The fourth-order valence-corrected chi connectivity index (χ4v) is 1.92. The maximum Gasteiger partial charge on any atom is 0.323 e. The number of carbonyl (C=O) groups is 2. The normalized spacial score (nSPS) is 10.5. The SMILES string of the molecule is CCCOc1ccc(C(=O)N(CC(=O)O)CC(C)C)cc1. The molecule has 0 aliphatic carbocycles. The van der Waals surface area contributed by atoms with Gasteiger partial charge < -0.3 is 14.7 Å². The standard InChI is InChI=1S/C16H23NO4/c1-4-9-21-14-7-5-13(6-8-14)16(20)17(10-12(2)3)11-15(18)19/h5-8,12H,4,9-11H2,1-3H3,(H,18,19). The summed E-state index contributed by atoms with van der Waals surface area (Å²) in [5, 5.41) is 8.92. The van der Waals surface area contributed by atoms with Gasteiger partial charge in [0.15, 0.2) is 0 Å². The summed E-state index contributed by atoms with van der Waals surface area (Å²) in [6, 6.07) is 6.80. The molecule has 1 rings (SSSR count). The molecule has 0 fully saturated rings. The van der Waals surface area contributed by atoms with E-state index in [9.17, 15) is 9.59 Å². The van der Waals surface area contributed by atoms with Crippen LogP contribution in [-0.4, -0.2) is 41.6 Å². The highest BCUT2D eigenvalue weighted by Crippen LogP contribution is 2.14. The average Bonchev–Trinajstić information content (AvgIpc) is 2.43. The van der Waals surface area contributed by atoms with Gasteiger partial charge in [0.05, 0.1) is 6.61 Å². The highest BCUT2D eigenvalue weighted by Gasteiger charge is 2.19. The maximum atomic E-state index is 12.4. The zero-order valence-electron chi connectivity index (χ0n) is 12.8. The lowest BCUT2D eigenvalue weighted by molar-refractivity contribution is -0.137. The first-order valence-corrected chi connectivity index (χ1v) is 7.18. The molecule has 116 valence electrons. The molecule has 0 aliphatic rings. The molecular formula is C16H23NO4. The number of benzene rings is 1. The minimum Gasteiger partial charge on any atom is -0.494 e. The predicted molar refractivity (Wildman–Crippen MR) is 80.6 cm³/mol. The zero-order chi connectivity index (χ0) is 15.8. The molecule has 1 aromatic rings. The van der Waals surface area contributed by atoms with Crippen molar-refractivity contribution >= 4 is 11.9 Å². The summed E-state index contributed by atoms with van der Waals surface area (Å²) in [4.78, 5) is 24.6. The first kappa shape index (κ1) is 17.0. The van der Waals surface area contributed by atoms with Crippen LogP contribution in [0.2, 0.25) is 0 Å². The van der Waals surface area contributed by atoms with Crippen molar-refractivity contribution in [2.75, 3.05) is 19.7 Å². The largest absolute Gasteiger partial charge is 0.494 e. The minimum absolute atomic E-state index is 0.209. The Balaban J connectivity index is 2.80. The fraction of sp³-hybridized carbons (Fsp3) is 0.500. The Hall–Kier alpha value is -2.04. The van der Waals surface area contributed by atoms with E-state index in [1.807, 2.05) is 20.8 Å². The van der Waals surface area contributed by atoms with Crippen molar-refractivity contribution in [1.29, 1.82) is 0 Å². The third-order valence-electron chi connectivity index (χ3n) is 2.77. The second-order valence-corrected chi connectivity index (χ2v) is 5.35. The molecule has 0 atom stereocenters. The summed E-state index contributed by atoms with van der Waals surface area (Å²) in [7, 11) is 0. The molecule has 5 heteroatoms. The van der Waals surface area contributed by atoms with Gasteiger partial charge in [-0.3, -0.25) is 9.59 Å². The van der Waals surface area contributed by atoms with Crippen LogP contribution in [-0.2, 0) is 4.79 Å². The van der Waals surface area contributed by atoms with E-state index in [4.69, 9.17) is 9.84 Å². The van der Waals surface area contributed by atoms with Gasteiger partial charge in [0.1, 0.15) is 12.3 Å². The van der Waals surface area contributed by atoms with Gasteiger partial charge in [0.2, 0.25) is 0 Å². The topological polar surface area (TPSA) is 66.8 Å². The van der Waals surface area contributed by atoms with Gasteiger partial charge in [-0.1, -0.05) is 20.8 Å². The molecule has 1 amide bonds. The molecule has 1 aromatic carbocycles. The third kappa shape index (κ3) is 5.85. The van der Waals surface area contributed by atoms with Gasteiger partial charge in [0, 0.05) is 12.1 Å². The number of carboxylic acids is 1. The number of carbonyl (C=O) groups excluding carboxylic acids is 1. The third-order valence-corrected chi connectivity index (χ3v) is 2.77. The van der Waals surface area contributed by atoms with E-state index in [1.54, 1.807) is 24.3 Å². The van der Waals surface area contributed by atoms with Crippen molar-refractivity contribution < 1.29 is 19.4 Å². The Morgan fingerprint density at radius 1 is 1.24 bits per heavy atom. The minimum atomic E-state index is -1.01. The van der Waals surface area contributed by atoms with Crippen LogP contribution in [0.3, 0.4) is 0 Å². The number of rotatable bonds is 8. The van der Waals surface area contributed by atoms with E-state index in [2.05, 4.69) is 0 Å². The van der Waals surface area contributed by atoms with Crippen LogP contribution in [0.1, 0.15) is 37.6 Å². The van der Waals surface area contributed by atoms with Crippen molar-refractivity contribution in [2.24, 2.45) is 5.92 Å². The van der Waals surface area contributed by atoms with Crippen LogP contribution in [0, 0.1) is 5.92 Å². The maximum absolute atomic E-state index is 12.4. The molecule has 0 unspecified atom stereocenters. The highest BCUT2D eigenvalue weighted by molar-refractivity contribution is 5.95. The van der Waals surface area contributed by atoms with Crippen molar-refractivity contribution in [3.63, 3.8) is 0 Å². The summed E-state index contributed by atoms with van der Waals surface area (Å²) in [5.74, 6) is -0.359. The quantitative estimate of drug-likeness (QED) is 0.800. The van der Waals surface area contributed by atoms with Crippen molar-refractivity contribution in [1.82, 2.24) is 4.90 Å². The molecule has 1 N–H and O–H groups in total. The monoisotopic (exact) mass is 293 g/mol. The number of carboxylic acid groups (broad SMARTS) is 1. The van der Waals surface area contributed by atoms with E-state index in [0.29, 0.717) is 24.5 Å². The highest BCUT2D eigenvalue weighted by atomic mass is 16.5. The molecule has 0 spiro atoms. The van der Waals surface area contributed by atoms with Crippen LogP contribution >= 0.6 is 0 Å². The van der Waals surface area contributed by atoms with Gasteiger partial charge in [-0.15, -0.1) is 0 Å². The summed E-state index contributed by atoms with van der Waals surface area (Å²) >= 11 is 0.